The van der Waals surface area contributed by atoms with E-state index < -0.39 is 11.5 Å². The number of carbonyl (C=O) groups is 1. The summed E-state index contributed by atoms with van der Waals surface area (Å²) in [5.41, 5.74) is 3.44. The molecule has 6 heteroatoms. The lowest BCUT2D eigenvalue weighted by Gasteiger charge is -2.16. The maximum absolute atomic E-state index is 13.3. The number of methoxy groups -OCH3 is 1. The summed E-state index contributed by atoms with van der Waals surface area (Å²) < 4.78 is 6.41. The Morgan fingerprint density at radius 1 is 0.909 bits per heavy atom. The van der Waals surface area contributed by atoms with E-state index in [1.807, 2.05) is 84.9 Å². The van der Waals surface area contributed by atoms with Crippen LogP contribution in [0, 0.1) is 0 Å². The van der Waals surface area contributed by atoms with Gasteiger partial charge in [0.1, 0.15) is 11.3 Å². The molecule has 4 aromatic rings. The lowest BCUT2D eigenvalue weighted by atomic mass is 9.95. The smallest absolute Gasteiger partial charge is 0.280 e. The van der Waals surface area contributed by atoms with E-state index >= 15 is 0 Å². The van der Waals surface area contributed by atoms with Crippen LogP contribution in [-0.4, -0.2) is 29.3 Å². The molecule has 3 aromatic carbocycles. The fourth-order valence-electron chi connectivity index (χ4n) is 3.73. The number of nitrogens with zero attached hydrogens (tertiary/aromatic N) is 2. The van der Waals surface area contributed by atoms with E-state index in [0.29, 0.717) is 24.2 Å². The van der Waals surface area contributed by atoms with Gasteiger partial charge in [0, 0.05) is 24.7 Å². The number of aryl methyl sites for hydroxylation is 1. The average Bonchev–Trinajstić information content (AvgIpc) is 2.86. The SMILES string of the molecule is COc1ccc(CCNC(=O)c2c(-c3ccccc3)c(-c3ccccc3)nn(C)c2=O)cc1. The van der Waals surface area contributed by atoms with E-state index in [1.165, 1.54) is 4.68 Å². The van der Waals surface area contributed by atoms with Crippen LogP contribution in [0.5, 0.6) is 5.75 Å². The number of hydrogen-bond acceptors (Lipinski definition) is 4. The Labute approximate surface area is 192 Å². The molecular weight excluding hydrogens is 414 g/mol. The molecule has 0 saturated heterocycles. The van der Waals surface area contributed by atoms with Gasteiger partial charge in [-0.05, 0) is 29.7 Å². The fraction of sp³-hybridized carbons (Fsp3) is 0.148. The zero-order valence-corrected chi connectivity index (χ0v) is 18.6. The van der Waals surface area contributed by atoms with Crippen LogP contribution in [0.2, 0.25) is 0 Å². The van der Waals surface area contributed by atoms with Crippen LogP contribution in [0.15, 0.2) is 89.7 Å². The van der Waals surface area contributed by atoms with Gasteiger partial charge < -0.3 is 10.1 Å². The first-order valence-electron chi connectivity index (χ1n) is 10.7. The summed E-state index contributed by atoms with van der Waals surface area (Å²) in [4.78, 5) is 26.4. The minimum absolute atomic E-state index is 0.0901. The second kappa shape index (κ2) is 9.96. The summed E-state index contributed by atoms with van der Waals surface area (Å²) in [6.07, 6.45) is 0.632. The van der Waals surface area contributed by atoms with Crippen molar-refractivity contribution in [3.05, 3.63) is 106 Å². The van der Waals surface area contributed by atoms with Crippen molar-refractivity contribution < 1.29 is 9.53 Å². The summed E-state index contributed by atoms with van der Waals surface area (Å²) in [5.74, 6) is 0.367. The fourth-order valence-corrected chi connectivity index (χ4v) is 3.73. The van der Waals surface area contributed by atoms with E-state index in [4.69, 9.17) is 4.74 Å². The van der Waals surface area contributed by atoms with Crippen molar-refractivity contribution in [3.8, 4) is 28.1 Å². The molecule has 6 nitrogen and oxygen atoms in total. The zero-order chi connectivity index (χ0) is 23.2. The van der Waals surface area contributed by atoms with Gasteiger partial charge in [0.2, 0.25) is 0 Å². The van der Waals surface area contributed by atoms with E-state index in [9.17, 15) is 9.59 Å². The second-order valence-corrected chi connectivity index (χ2v) is 7.61. The van der Waals surface area contributed by atoms with E-state index in [1.54, 1.807) is 14.2 Å². The quantitative estimate of drug-likeness (QED) is 0.471. The molecule has 1 heterocycles. The molecule has 0 spiro atoms. The van der Waals surface area contributed by atoms with Crippen LogP contribution in [-0.2, 0) is 13.5 Å². The van der Waals surface area contributed by atoms with Gasteiger partial charge in [-0.1, -0.05) is 72.8 Å². The molecule has 0 aliphatic rings. The normalized spacial score (nSPS) is 10.6. The number of ether oxygens (including phenoxy) is 1. The first kappa shape index (κ1) is 22.0. The molecule has 0 unspecified atom stereocenters. The van der Waals surface area contributed by atoms with Gasteiger partial charge >= 0.3 is 0 Å². The summed E-state index contributed by atoms with van der Waals surface area (Å²) in [6, 6.07) is 26.7. The summed E-state index contributed by atoms with van der Waals surface area (Å²) >= 11 is 0. The van der Waals surface area contributed by atoms with E-state index in [0.717, 1.165) is 22.4 Å². The van der Waals surface area contributed by atoms with Crippen molar-refractivity contribution in [3.63, 3.8) is 0 Å². The average molecular weight is 440 g/mol. The predicted molar refractivity (Wildman–Crippen MR) is 129 cm³/mol. The molecule has 1 aromatic heterocycles. The number of hydrogen-bond donors (Lipinski definition) is 1. The molecule has 1 N–H and O–H groups in total. The van der Waals surface area contributed by atoms with Gasteiger partial charge in [-0.3, -0.25) is 9.59 Å². The van der Waals surface area contributed by atoms with Gasteiger partial charge in [0.15, 0.2) is 0 Å². The maximum Gasteiger partial charge on any atom is 0.280 e. The van der Waals surface area contributed by atoms with Gasteiger partial charge in [-0.25, -0.2) is 4.68 Å². The van der Waals surface area contributed by atoms with Crippen LogP contribution in [0.3, 0.4) is 0 Å². The van der Waals surface area contributed by atoms with Crippen molar-refractivity contribution in [2.45, 2.75) is 6.42 Å². The minimum Gasteiger partial charge on any atom is -0.497 e. The molecule has 33 heavy (non-hydrogen) atoms. The standard InChI is InChI=1S/C27H25N3O3/c1-30-27(32)24(26(31)28-18-17-19-13-15-22(33-2)16-14-19)23(20-9-5-3-6-10-20)25(29-30)21-11-7-4-8-12-21/h3-16H,17-18H2,1-2H3,(H,28,31). The van der Waals surface area contributed by atoms with Crippen molar-refractivity contribution in [1.82, 2.24) is 15.1 Å². The molecule has 0 bridgehead atoms. The molecular formula is C27H25N3O3. The third kappa shape index (κ3) is 4.85. The van der Waals surface area contributed by atoms with Crippen LogP contribution in [0.25, 0.3) is 22.4 Å². The highest BCUT2D eigenvalue weighted by atomic mass is 16.5. The predicted octanol–water partition coefficient (Wildman–Crippen LogP) is 4.10. The van der Waals surface area contributed by atoms with Crippen molar-refractivity contribution in [2.24, 2.45) is 7.05 Å². The van der Waals surface area contributed by atoms with Crippen LogP contribution < -0.4 is 15.6 Å². The molecule has 4 rings (SSSR count). The van der Waals surface area contributed by atoms with Gasteiger partial charge in [-0.2, -0.15) is 5.10 Å². The first-order chi connectivity index (χ1) is 16.1. The van der Waals surface area contributed by atoms with Gasteiger partial charge in [0.25, 0.3) is 11.5 Å². The Morgan fingerprint density at radius 3 is 2.12 bits per heavy atom. The monoisotopic (exact) mass is 439 g/mol. The number of nitrogens with one attached hydrogen (secondary N) is 1. The van der Waals surface area contributed by atoms with E-state index in [2.05, 4.69) is 10.4 Å². The van der Waals surface area contributed by atoms with Crippen LogP contribution in [0.1, 0.15) is 15.9 Å². The summed E-state index contributed by atoms with van der Waals surface area (Å²) in [5, 5.41) is 7.44. The molecule has 1 amide bonds. The molecule has 0 radical (unpaired) electrons. The Morgan fingerprint density at radius 2 is 1.52 bits per heavy atom. The highest BCUT2D eigenvalue weighted by Crippen LogP contribution is 2.31. The molecule has 0 fully saturated rings. The topological polar surface area (TPSA) is 73.2 Å². The largest absolute Gasteiger partial charge is 0.497 e. The van der Waals surface area contributed by atoms with Crippen molar-refractivity contribution in [1.29, 1.82) is 0 Å². The molecule has 0 atom stereocenters. The number of aromatic nitrogens is 2. The first-order valence-corrected chi connectivity index (χ1v) is 10.7. The lowest BCUT2D eigenvalue weighted by Crippen LogP contribution is -2.35. The Bertz CT molecular complexity index is 1300. The third-order valence-electron chi connectivity index (χ3n) is 5.44. The number of carbonyl (C=O) groups excluding carboxylic acids is 1. The van der Waals surface area contributed by atoms with Crippen LogP contribution >= 0.6 is 0 Å². The highest BCUT2D eigenvalue weighted by molar-refractivity contribution is 6.03. The molecule has 166 valence electrons. The molecule has 0 saturated carbocycles. The number of amides is 1. The van der Waals surface area contributed by atoms with E-state index in [-0.39, 0.29) is 5.56 Å². The Kier molecular flexibility index (Phi) is 6.64. The van der Waals surface area contributed by atoms with Gasteiger partial charge in [-0.15, -0.1) is 0 Å². The molecule has 0 aliphatic heterocycles. The van der Waals surface area contributed by atoms with Crippen molar-refractivity contribution in [2.75, 3.05) is 13.7 Å². The second-order valence-electron chi connectivity index (χ2n) is 7.61. The van der Waals surface area contributed by atoms with Gasteiger partial charge in [0.05, 0.1) is 12.8 Å². The van der Waals surface area contributed by atoms with Crippen molar-refractivity contribution >= 4 is 5.91 Å². The lowest BCUT2D eigenvalue weighted by molar-refractivity contribution is 0.0952. The maximum atomic E-state index is 13.3. The molecule has 0 aliphatic carbocycles. The Hall–Kier alpha value is -4.19. The zero-order valence-electron chi connectivity index (χ0n) is 18.6. The number of rotatable bonds is 7. The summed E-state index contributed by atoms with van der Waals surface area (Å²) in [7, 11) is 3.19. The summed E-state index contributed by atoms with van der Waals surface area (Å²) in [6.45, 7) is 0.394. The highest BCUT2D eigenvalue weighted by Gasteiger charge is 2.24. The van der Waals surface area contributed by atoms with Crippen LogP contribution in [0.4, 0.5) is 0 Å². The number of benzene rings is 3. The minimum atomic E-state index is -0.435. The third-order valence-corrected chi connectivity index (χ3v) is 5.44. The Balaban J connectivity index is 1.71.